The van der Waals surface area contributed by atoms with Gasteiger partial charge in [-0.3, -0.25) is 0 Å². The molecule has 21 heavy (non-hydrogen) atoms. The summed E-state index contributed by atoms with van der Waals surface area (Å²) in [5, 5.41) is 18.8. The average Bonchev–Trinajstić information content (AvgIpc) is 3.11. The van der Waals surface area contributed by atoms with Crippen LogP contribution in [0.1, 0.15) is 17.1 Å². The average molecular weight is 296 g/mol. The molecule has 7 heteroatoms. The van der Waals surface area contributed by atoms with Crippen LogP contribution in [-0.4, -0.2) is 19.7 Å². The van der Waals surface area contributed by atoms with Gasteiger partial charge in [0.2, 0.25) is 0 Å². The summed E-state index contributed by atoms with van der Waals surface area (Å²) in [7, 11) is 0. The molecule has 1 N–H and O–H groups in total. The lowest BCUT2D eigenvalue weighted by Crippen LogP contribution is -2.01. The predicted octanol–water partition coefficient (Wildman–Crippen LogP) is 2.71. The minimum absolute atomic E-state index is 0.170. The molecule has 0 amide bonds. The first-order valence-corrected chi connectivity index (χ1v) is 7.18. The van der Waals surface area contributed by atoms with Gasteiger partial charge in [0, 0.05) is 11.1 Å². The molecule has 0 radical (unpaired) electrons. The van der Waals surface area contributed by atoms with Gasteiger partial charge in [-0.2, -0.15) is 5.26 Å². The van der Waals surface area contributed by atoms with Gasteiger partial charge in [0.05, 0.1) is 12.2 Å². The maximum Gasteiger partial charge on any atom is 0.252 e. The first-order chi connectivity index (χ1) is 10.2. The number of anilines is 2. The number of thiazole rings is 1. The Kier molecular flexibility index (Phi) is 3.62. The quantitative estimate of drug-likeness (QED) is 0.800. The molecule has 0 saturated carbocycles. The normalized spacial score (nSPS) is 10.3. The Morgan fingerprint density at radius 2 is 2.14 bits per heavy atom. The Hall–Kier alpha value is -2.72. The lowest BCUT2D eigenvalue weighted by atomic mass is 10.2. The second-order valence-corrected chi connectivity index (χ2v) is 5.37. The van der Waals surface area contributed by atoms with Crippen molar-refractivity contribution in [2.45, 2.75) is 13.5 Å². The number of hydrogen-bond acceptors (Lipinski definition) is 6. The van der Waals surface area contributed by atoms with Gasteiger partial charge >= 0.3 is 0 Å². The van der Waals surface area contributed by atoms with Crippen LogP contribution in [0.5, 0.6) is 0 Å². The molecule has 0 aliphatic rings. The summed E-state index contributed by atoms with van der Waals surface area (Å²) in [6, 6.07) is 10.0. The third-order valence-electron chi connectivity index (χ3n) is 2.82. The summed E-state index contributed by atoms with van der Waals surface area (Å²) < 4.78 is 1.60. The molecular formula is C14H12N6S. The molecule has 0 saturated heterocycles. The summed E-state index contributed by atoms with van der Waals surface area (Å²) in [6.45, 7) is 2.56. The fourth-order valence-corrected chi connectivity index (χ4v) is 2.51. The molecule has 0 bridgehead atoms. The lowest BCUT2D eigenvalue weighted by Gasteiger charge is -2.02. The first kappa shape index (κ1) is 13.3. The van der Waals surface area contributed by atoms with Gasteiger partial charge in [0.15, 0.2) is 5.13 Å². The van der Waals surface area contributed by atoms with E-state index in [4.69, 9.17) is 5.26 Å². The summed E-state index contributed by atoms with van der Waals surface area (Å²) in [4.78, 5) is 8.36. The van der Waals surface area contributed by atoms with Crippen molar-refractivity contribution in [2.75, 3.05) is 5.32 Å². The van der Waals surface area contributed by atoms with Crippen molar-refractivity contribution in [1.82, 2.24) is 19.7 Å². The SMILES string of the molecule is Cc1ccc(Nc2nc(Cn3cnc(C#N)n3)cs2)cc1. The Bertz CT molecular complexity index is 780. The minimum Gasteiger partial charge on any atom is -0.332 e. The second-order valence-electron chi connectivity index (χ2n) is 4.51. The third kappa shape index (κ3) is 3.24. The van der Waals surface area contributed by atoms with E-state index < -0.39 is 0 Å². The Morgan fingerprint density at radius 3 is 2.86 bits per heavy atom. The number of rotatable bonds is 4. The summed E-state index contributed by atoms with van der Waals surface area (Å²) in [5.41, 5.74) is 3.11. The largest absolute Gasteiger partial charge is 0.332 e. The van der Waals surface area contributed by atoms with E-state index in [-0.39, 0.29) is 5.82 Å². The number of nitrogens with zero attached hydrogens (tertiary/aromatic N) is 5. The zero-order valence-corrected chi connectivity index (χ0v) is 12.1. The molecule has 2 aromatic heterocycles. The van der Waals surface area contributed by atoms with E-state index in [9.17, 15) is 0 Å². The third-order valence-corrected chi connectivity index (χ3v) is 3.62. The number of nitriles is 1. The highest BCUT2D eigenvalue weighted by Gasteiger charge is 2.05. The Balaban J connectivity index is 1.68. The molecule has 0 fully saturated rings. The monoisotopic (exact) mass is 296 g/mol. The van der Waals surface area contributed by atoms with E-state index in [0.717, 1.165) is 16.5 Å². The fourth-order valence-electron chi connectivity index (χ4n) is 1.79. The van der Waals surface area contributed by atoms with E-state index in [1.54, 1.807) is 4.68 Å². The molecule has 6 nitrogen and oxygen atoms in total. The minimum atomic E-state index is 0.170. The molecule has 3 rings (SSSR count). The maximum absolute atomic E-state index is 8.69. The molecule has 0 spiro atoms. The molecule has 0 aliphatic carbocycles. The molecule has 3 aromatic rings. The predicted molar refractivity (Wildman–Crippen MR) is 80.4 cm³/mol. The summed E-state index contributed by atoms with van der Waals surface area (Å²) in [6.07, 6.45) is 1.53. The fraction of sp³-hybridized carbons (Fsp3) is 0.143. The van der Waals surface area contributed by atoms with Crippen LogP contribution < -0.4 is 5.32 Å². The Labute approximate surface area is 125 Å². The van der Waals surface area contributed by atoms with E-state index in [1.165, 1.54) is 23.2 Å². The number of nitrogens with one attached hydrogen (secondary N) is 1. The number of aryl methyl sites for hydroxylation is 1. The van der Waals surface area contributed by atoms with Crippen LogP contribution in [0.25, 0.3) is 0 Å². The number of benzene rings is 1. The molecule has 0 atom stereocenters. The molecular weight excluding hydrogens is 284 g/mol. The van der Waals surface area contributed by atoms with Gasteiger partial charge in [0.25, 0.3) is 5.82 Å². The highest BCUT2D eigenvalue weighted by molar-refractivity contribution is 7.13. The molecule has 0 unspecified atom stereocenters. The van der Waals surface area contributed by atoms with Crippen LogP contribution in [-0.2, 0) is 6.54 Å². The van der Waals surface area contributed by atoms with Crippen LogP contribution in [0.4, 0.5) is 10.8 Å². The first-order valence-electron chi connectivity index (χ1n) is 6.30. The zero-order valence-electron chi connectivity index (χ0n) is 11.3. The zero-order chi connectivity index (χ0) is 14.7. The second kappa shape index (κ2) is 5.73. The number of aromatic nitrogens is 4. The van der Waals surface area contributed by atoms with E-state index >= 15 is 0 Å². The highest BCUT2D eigenvalue weighted by atomic mass is 32.1. The van der Waals surface area contributed by atoms with Crippen molar-refractivity contribution in [1.29, 1.82) is 5.26 Å². The van der Waals surface area contributed by atoms with Crippen molar-refractivity contribution < 1.29 is 0 Å². The van der Waals surface area contributed by atoms with Gasteiger partial charge in [-0.05, 0) is 19.1 Å². The summed E-state index contributed by atoms with van der Waals surface area (Å²) in [5.74, 6) is 0.170. The van der Waals surface area contributed by atoms with Crippen LogP contribution in [0, 0.1) is 18.3 Å². The van der Waals surface area contributed by atoms with Crippen molar-refractivity contribution in [2.24, 2.45) is 0 Å². The molecule has 104 valence electrons. The van der Waals surface area contributed by atoms with Crippen LogP contribution in [0.2, 0.25) is 0 Å². The maximum atomic E-state index is 8.69. The highest BCUT2D eigenvalue weighted by Crippen LogP contribution is 2.21. The van der Waals surface area contributed by atoms with Gasteiger partial charge in [-0.1, -0.05) is 17.7 Å². The molecule has 1 aromatic carbocycles. The van der Waals surface area contributed by atoms with Crippen molar-refractivity contribution in [3.63, 3.8) is 0 Å². The lowest BCUT2D eigenvalue weighted by molar-refractivity contribution is 0.672. The van der Waals surface area contributed by atoms with E-state index in [0.29, 0.717) is 6.54 Å². The van der Waals surface area contributed by atoms with Crippen LogP contribution in [0.3, 0.4) is 0 Å². The van der Waals surface area contributed by atoms with Crippen molar-refractivity contribution in [3.05, 3.63) is 53.1 Å². The summed E-state index contributed by atoms with van der Waals surface area (Å²) >= 11 is 1.53. The van der Waals surface area contributed by atoms with Crippen LogP contribution in [0.15, 0.2) is 36.0 Å². The van der Waals surface area contributed by atoms with Crippen molar-refractivity contribution in [3.8, 4) is 6.07 Å². The Morgan fingerprint density at radius 1 is 1.33 bits per heavy atom. The van der Waals surface area contributed by atoms with Crippen molar-refractivity contribution >= 4 is 22.2 Å². The van der Waals surface area contributed by atoms with Gasteiger partial charge in [-0.25, -0.2) is 14.6 Å². The van der Waals surface area contributed by atoms with Gasteiger partial charge in [0.1, 0.15) is 12.4 Å². The number of hydrogen-bond donors (Lipinski definition) is 1. The molecule has 2 heterocycles. The molecule has 0 aliphatic heterocycles. The smallest absolute Gasteiger partial charge is 0.252 e. The standard InChI is InChI=1S/C14H12N6S/c1-10-2-4-11(5-3-10)17-14-18-12(8-21-14)7-20-9-16-13(6-15)19-20/h2-5,8-9H,7H2,1H3,(H,17,18). The van der Waals surface area contributed by atoms with Gasteiger partial charge < -0.3 is 5.32 Å². The van der Waals surface area contributed by atoms with Gasteiger partial charge in [-0.15, -0.1) is 16.4 Å². The van der Waals surface area contributed by atoms with E-state index in [2.05, 4.69) is 39.4 Å². The topological polar surface area (TPSA) is 79.4 Å². The van der Waals surface area contributed by atoms with Crippen LogP contribution >= 0.6 is 11.3 Å². The van der Waals surface area contributed by atoms with E-state index in [1.807, 2.05) is 23.6 Å².